The van der Waals surface area contributed by atoms with E-state index in [9.17, 15) is 23.6 Å². The lowest BCUT2D eigenvalue weighted by Gasteiger charge is -2.16. The molecule has 0 atom stereocenters. The van der Waals surface area contributed by atoms with Crippen LogP contribution in [0.2, 0.25) is 0 Å². The Hall–Kier alpha value is -4.93. The number of pyridine rings is 1. The van der Waals surface area contributed by atoms with Gasteiger partial charge in [-0.1, -0.05) is 0 Å². The van der Waals surface area contributed by atoms with Crippen molar-refractivity contribution in [3.63, 3.8) is 0 Å². The van der Waals surface area contributed by atoms with Crippen molar-refractivity contribution in [3.05, 3.63) is 76.7 Å². The number of carbonyl (C=O) groups is 4. The Morgan fingerprint density at radius 2 is 1.57 bits per heavy atom. The number of benzene rings is 2. The Bertz CT molecular complexity index is 1530. The molecule has 0 bridgehead atoms. The predicted molar refractivity (Wildman–Crippen MR) is 120 cm³/mol. The fraction of sp³-hybridized carbons (Fsp3) is 0.0833. The van der Waals surface area contributed by atoms with Gasteiger partial charge >= 0.3 is 11.9 Å². The average Bonchev–Trinajstić information content (AvgIpc) is 3.41. The van der Waals surface area contributed by atoms with Gasteiger partial charge in [0, 0.05) is 11.8 Å². The van der Waals surface area contributed by atoms with Gasteiger partial charge in [0.2, 0.25) is 0 Å². The van der Waals surface area contributed by atoms with Gasteiger partial charge in [-0.15, -0.1) is 0 Å². The first kappa shape index (κ1) is 21.9. The number of nitrogens with one attached hydrogen (secondary N) is 1. The number of hydrogen-bond donors (Lipinski definition) is 1. The lowest BCUT2D eigenvalue weighted by molar-refractivity contribution is 0.0597. The fourth-order valence-electron chi connectivity index (χ4n) is 3.97. The average molecular weight is 474 g/mol. The molecular weight excluding hydrogens is 459 g/mol. The van der Waals surface area contributed by atoms with Crippen LogP contribution in [-0.2, 0) is 9.47 Å². The van der Waals surface area contributed by atoms with E-state index in [0.29, 0.717) is 11.3 Å². The number of hydrogen-bond acceptors (Lipinski definition) is 8. The number of esters is 2. The predicted octanol–water partition coefficient (Wildman–Crippen LogP) is 3.14. The number of rotatable bonds is 4. The lowest BCUT2D eigenvalue weighted by Crippen LogP contribution is -2.30. The molecule has 0 saturated carbocycles. The number of anilines is 1. The highest BCUT2D eigenvalue weighted by Gasteiger charge is 2.40. The Kier molecular flexibility index (Phi) is 5.09. The standard InChI is InChI=1S/C24H15FN4O6/c1-34-23(32)12-7-13(24(33)35-2)9-15(8-12)29-21(30)16-10-26-20-18(17(16)22(29)31)19(27-28-20)11-3-5-14(25)6-4-11/h3-10H,1-2H3,(H,26,27,28). The number of carbonyl (C=O) groups excluding carboxylic acids is 4. The van der Waals surface area contributed by atoms with Gasteiger partial charge in [-0.3, -0.25) is 14.7 Å². The largest absolute Gasteiger partial charge is 0.465 e. The third kappa shape index (κ3) is 3.41. The summed E-state index contributed by atoms with van der Waals surface area (Å²) in [5.74, 6) is -3.40. The van der Waals surface area contributed by atoms with Gasteiger partial charge in [-0.25, -0.2) is 23.9 Å². The number of H-pyrrole nitrogens is 1. The van der Waals surface area contributed by atoms with Gasteiger partial charge in [0.15, 0.2) is 5.65 Å². The molecule has 0 unspecified atom stereocenters. The van der Waals surface area contributed by atoms with E-state index >= 15 is 0 Å². The summed E-state index contributed by atoms with van der Waals surface area (Å²) in [7, 11) is 2.32. The van der Waals surface area contributed by atoms with Crippen molar-refractivity contribution < 1.29 is 33.0 Å². The van der Waals surface area contributed by atoms with Gasteiger partial charge in [0.25, 0.3) is 11.8 Å². The van der Waals surface area contributed by atoms with Crippen molar-refractivity contribution in [3.8, 4) is 11.3 Å². The number of nitrogens with zero attached hydrogens (tertiary/aromatic N) is 3. The van der Waals surface area contributed by atoms with E-state index in [0.717, 1.165) is 19.1 Å². The molecule has 5 rings (SSSR count). The Balaban J connectivity index is 1.69. The molecule has 2 aromatic carbocycles. The normalized spacial score (nSPS) is 12.7. The van der Waals surface area contributed by atoms with Crippen molar-refractivity contribution in [1.82, 2.24) is 15.2 Å². The third-order valence-corrected chi connectivity index (χ3v) is 5.58. The Morgan fingerprint density at radius 1 is 0.943 bits per heavy atom. The van der Waals surface area contributed by atoms with Crippen LogP contribution in [0.3, 0.4) is 0 Å². The van der Waals surface area contributed by atoms with E-state index in [4.69, 9.17) is 9.47 Å². The minimum atomic E-state index is -0.772. The van der Waals surface area contributed by atoms with Crippen LogP contribution in [0.4, 0.5) is 10.1 Å². The number of ether oxygens (including phenoxy) is 2. The van der Waals surface area contributed by atoms with Crippen molar-refractivity contribution in [2.45, 2.75) is 0 Å². The van der Waals surface area contributed by atoms with Crippen LogP contribution in [0, 0.1) is 5.82 Å². The Morgan fingerprint density at radius 3 is 2.17 bits per heavy atom. The highest BCUT2D eigenvalue weighted by Crippen LogP contribution is 2.37. The first-order valence-electron chi connectivity index (χ1n) is 10.2. The van der Waals surface area contributed by atoms with Crippen molar-refractivity contribution in [2.24, 2.45) is 0 Å². The highest BCUT2D eigenvalue weighted by molar-refractivity contribution is 6.38. The van der Waals surface area contributed by atoms with Gasteiger partial charge in [-0.05, 0) is 42.5 Å². The number of imide groups is 1. The molecule has 35 heavy (non-hydrogen) atoms. The molecule has 0 saturated heterocycles. The van der Waals surface area contributed by atoms with Gasteiger partial charge < -0.3 is 9.47 Å². The zero-order valence-electron chi connectivity index (χ0n) is 18.3. The minimum absolute atomic E-state index is 0.00958. The number of amides is 2. The molecule has 0 aliphatic carbocycles. The highest BCUT2D eigenvalue weighted by atomic mass is 19.1. The second kappa shape index (κ2) is 8.13. The first-order chi connectivity index (χ1) is 16.8. The minimum Gasteiger partial charge on any atom is -0.465 e. The third-order valence-electron chi connectivity index (χ3n) is 5.58. The number of methoxy groups -OCH3 is 2. The summed E-state index contributed by atoms with van der Waals surface area (Å²) >= 11 is 0. The van der Waals surface area contributed by atoms with Crippen molar-refractivity contribution in [1.29, 1.82) is 0 Å². The lowest BCUT2D eigenvalue weighted by atomic mass is 10.0. The first-order valence-corrected chi connectivity index (χ1v) is 10.2. The molecule has 4 aromatic rings. The van der Waals surface area contributed by atoms with Gasteiger partial charge in [-0.2, -0.15) is 5.10 Å². The SMILES string of the molecule is COC(=O)c1cc(C(=O)OC)cc(N2C(=O)c3cnc4n[nH]c(-c5ccc(F)cc5)c4c3C2=O)c1. The summed E-state index contributed by atoms with van der Waals surface area (Å²) in [6, 6.07) is 9.28. The molecule has 0 radical (unpaired) electrons. The van der Waals surface area contributed by atoms with Crippen molar-refractivity contribution >= 4 is 40.5 Å². The molecule has 0 fully saturated rings. The van der Waals surface area contributed by atoms with E-state index in [1.807, 2.05) is 0 Å². The molecule has 0 spiro atoms. The molecule has 3 heterocycles. The fourth-order valence-corrected chi connectivity index (χ4v) is 3.97. The van der Waals surface area contributed by atoms with Crippen LogP contribution in [0.1, 0.15) is 41.4 Å². The van der Waals surface area contributed by atoms with E-state index in [1.165, 1.54) is 48.7 Å². The maximum atomic E-state index is 13.6. The molecule has 11 heteroatoms. The van der Waals surface area contributed by atoms with Crippen LogP contribution >= 0.6 is 0 Å². The number of halogens is 1. The monoisotopic (exact) mass is 474 g/mol. The van der Waals surface area contributed by atoms with Crippen LogP contribution in [-0.4, -0.2) is 53.2 Å². The summed E-state index contributed by atoms with van der Waals surface area (Å²) in [4.78, 5) is 56.3. The second-order valence-corrected chi connectivity index (χ2v) is 7.55. The number of aromatic amines is 1. The molecule has 1 N–H and O–H groups in total. The topological polar surface area (TPSA) is 132 Å². The van der Waals surface area contributed by atoms with Crippen LogP contribution in [0.5, 0.6) is 0 Å². The van der Waals surface area contributed by atoms with E-state index in [1.54, 1.807) is 0 Å². The van der Waals surface area contributed by atoms with E-state index < -0.39 is 29.6 Å². The zero-order chi connectivity index (χ0) is 24.9. The van der Waals surface area contributed by atoms with Crippen LogP contribution in [0.15, 0.2) is 48.7 Å². The van der Waals surface area contributed by atoms with E-state index in [2.05, 4.69) is 15.2 Å². The summed E-state index contributed by atoms with van der Waals surface area (Å²) < 4.78 is 22.9. The number of fused-ring (bicyclic) bond motifs is 3. The number of aromatic nitrogens is 3. The molecule has 1 aliphatic rings. The molecular formula is C24H15FN4O6. The molecule has 2 aromatic heterocycles. The molecule has 1 aliphatic heterocycles. The zero-order valence-corrected chi connectivity index (χ0v) is 18.3. The second-order valence-electron chi connectivity index (χ2n) is 7.55. The maximum absolute atomic E-state index is 13.6. The maximum Gasteiger partial charge on any atom is 0.337 e. The van der Waals surface area contributed by atoms with E-state index in [-0.39, 0.29) is 39.0 Å². The molecule has 10 nitrogen and oxygen atoms in total. The smallest absolute Gasteiger partial charge is 0.337 e. The van der Waals surface area contributed by atoms with Gasteiger partial charge in [0.1, 0.15) is 5.82 Å². The van der Waals surface area contributed by atoms with Crippen LogP contribution < -0.4 is 4.90 Å². The molecule has 174 valence electrons. The van der Waals surface area contributed by atoms with Crippen molar-refractivity contribution in [2.75, 3.05) is 19.1 Å². The summed E-state index contributed by atoms with van der Waals surface area (Å²) in [5, 5.41) is 7.19. The molecule has 2 amide bonds. The quantitative estimate of drug-likeness (QED) is 0.353. The Labute approximate surface area is 196 Å². The van der Waals surface area contributed by atoms with Crippen LogP contribution in [0.25, 0.3) is 22.3 Å². The summed E-state index contributed by atoms with van der Waals surface area (Å²) in [6.45, 7) is 0. The summed E-state index contributed by atoms with van der Waals surface area (Å²) in [6.07, 6.45) is 1.23. The summed E-state index contributed by atoms with van der Waals surface area (Å²) in [5.41, 5.74) is 1.01. The van der Waals surface area contributed by atoms with Gasteiger partial charge in [0.05, 0.1) is 53.2 Å².